The quantitative estimate of drug-likeness (QED) is 0.736. The van der Waals surface area contributed by atoms with E-state index in [4.69, 9.17) is 0 Å². The molecular formula is C14H15F2NS. The lowest BCUT2D eigenvalue weighted by Gasteiger charge is -2.12. The normalized spacial score (nSPS) is 12.9. The van der Waals surface area contributed by atoms with E-state index in [0.29, 0.717) is 5.69 Å². The van der Waals surface area contributed by atoms with Crippen LogP contribution in [0.25, 0.3) is 10.6 Å². The average Bonchev–Trinajstić information content (AvgIpc) is 2.91. The second-order valence-electron chi connectivity index (χ2n) is 4.30. The van der Waals surface area contributed by atoms with Gasteiger partial charge in [0.1, 0.15) is 5.69 Å². The average molecular weight is 267 g/mol. The van der Waals surface area contributed by atoms with Crippen molar-refractivity contribution in [3.8, 4) is 10.6 Å². The van der Waals surface area contributed by atoms with Gasteiger partial charge in [0.15, 0.2) is 0 Å². The molecule has 0 N–H and O–H groups in total. The Hall–Kier alpha value is -1.29. The molecule has 0 fully saturated rings. The van der Waals surface area contributed by atoms with Crippen LogP contribution in [0, 0.1) is 0 Å². The number of thiophene rings is 1. The Kier molecular flexibility index (Phi) is 4.07. The molecule has 0 amide bonds. The van der Waals surface area contributed by atoms with Gasteiger partial charge in [-0.3, -0.25) is 0 Å². The molecular weight excluding hydrogens is 252 g/mol. The molecule has 0 aliphatic heterocycles. The van der Waals surface area contributed by atoms with Gasteiger partial charge < -0.3 is 0 Å². The Balaban J connectivity index is 2.50. The number of nitrogens with zero attached hydrogens (tertiary/aromatic N) is 1. The zero-order chi connectivity index (χ0) is 13.1. The smallest absolute Gasteiger partial charge is 0.246 e. The molecule has 0 spiro atoms. The van der Waals surface area contributed by atoms with E-state index in [1.54, 1.807) is 0 Å². The zero-order valence-electron chi connectivity index (χ0n) is 10.4. The molecule has 2 rings (SSSR count). The fourth-order valence-corrected chi connectivity index (χ4v) is 2.44. The number of pyridine rings is 1. The number of halogens is 2. The van der Waals surface area contributed by atoms with Crippen LogP contribution in [-0.4, -0.2) is 4.98 Å². The maximum Gasteiger partial charge on any atom is 0.280 e. The van der Waals surface area contributed by atoms with E-state index in [-0.39, 0.29) is 11.6 Å². The van der Waals surface area contributed by atoms with Gasteiger partial charge in [-0.1, -0.05) is 19.9 Å². The summed E-state index contributed by atoms with van der Waals surface area (Å²) in [5.74, 6) is 0.268. The van der Waals surface area contributed by atoms with Crippen molar-refractivity contribution >= 4 is 11.3 Å². The minimum atomic E-state index is -2.52. The standard InChI is InChI=1S/C14H15F2NS/c1-3-9(2)10-7-11(13-5-4-6-18-13)17-12(8-10)14(15)16/h4-9,14H,3H2,1-2H3. The van der Waals surface area contributed by atoms with Gasteiger partial charge in [0.05, 0.1) is 10.6 Å². The summed E-state index contributed by atoms with van der Waals surface area (Å²) in [6.45, 7) is 4.10. The number of hydrogen-bond acceptors (Lipinski definition) is 2. The molecule has 2 heterocycles. The number of alkyl halides is 2. The summed E-state index contributed by atoms with van der Waals surface area (Å²) in [4.78, 5) is 4.98. The summed E-state index contributed by atoms with van der Waals surface area (Å²) in [5, 5.41) is 1.93. The zero-order valence-corrected chi connectivity index (χ0v) is 11.2. The second-order valence-corrected chi connectivity index (χ2v) is 5.25. The highest BCUT2D eigenvalue weighted by molar-refractivity contribution is 7.13. The van der Waals surface area contributed by atoms with Crippen LogP contribution in [0.5, 0.6) is 0 Å². The first-order valence-electron chi connectivity index (χ1n) is 5.95. The third-order valence-corrected chi connectivity index (χ3v) is 3.94. The summed E-state index contributed by atoms with van der Waals surface area (Å²) in [6.07, 6.45) is -1.59. The van der Waals surface area contributed by atoms with Gasteiger partial charge in [-0.05, 0) is 41.5 Å². The van der Waals surface area contributed by atoms with Crippen molar-refractivity contribution < 1.29 is 8.78 Å². The molecule has 0 saturated carbocycles. The Morgan fingerprint density at radius 1 is 1.33 bits per heavy atom. The molecule has 1 nitrogen and oxygen atoms in total. The van der Waals surface area contributed by atoms with Gasteiger partial charge in [0, 0.05) is 0 Å². The molecule has 0 saturated heterocycles. The van der Waals surface area contributed by atoms with Gasteiger partial charge in [-0.2, -0.15) is 0 Å². The lowest BCUT2D eigenvalue weighted by molar-refractivity contribution is 0.146. The predicted molar refractivity (Wildman–Crippen MR) is 71.2 cm³/mol. The maximum atomic E-state index is 12.9. The minimum absolute atomic E-state index is 0.129. The van der Waals surface area contributed by atoms with Crippen molar-refractivity contribution in [3.05, 3.63) is 40.9 Å². The van der Waals surface area contributed by atoms with Gasteiger partial charge >= 0.3 is 0 Å². The fraction of sp³-hybridized carbons (Fsp3) is 0.357. The molecule has 0 aliphatic rings. The van der Waals surface area contributed by atoms with E-state index in [0.717, 1.165) is 16.9 Å². The predicted octanol–water partition coefficient (Wildman–Crippen LogP) is 5.26. The molecule has 0 bridgehead atoms. The first-order chi connectivity index (χ1) is 8.61. The second kappa shape index (κ2) is 5.57. The van der Waals surface area contributed by atoms with Gasteiger partial charge in [-0.15, -0.1) is 11.3 Å². The van der Waals surface area contributed by atoms with Crippen molar-refractivity contribution in [2.45, 2.75) is 32.6 Å². The molecule has 96 valence electrons. The largest absolute Gasteiger partial charge is 0.280 e. The van der Waals surface area contributed by atoms with Crippen molar-refractivity contribution in [1.29, 1.82) is 0 Å². The van der Waals surface area contributed by atoms with Gasteiger partial charge in [0.25, 0.3) is 6.43 Å². The summed E-state index contributed by atoms with van der Waals surface area (Å²) in [7, 11) is 0. The Morgan fingerprint density at radius 2 is 2.11 bits per heavy atom. The van der Waals surface area contributed by atoms with Crippen LogP contribution in [0.4, 0.5) is 8.78 Å². The van der Waals surface area contributed by atoms with Crippen molar-refractivity contribution in [3.63, 3.8) is 0 Å². The lowest BCUT2D eigenvalue weighted by Crippen LogP contribution is -1.99. The summed E-state index contributed by atoms with van der Waals surface area (Å²) < 4.78 is 25.8. The summed E-state index contributed by atoms with van der Waals surface area (Å²) in [6, 6.07) is 7.25. The molecule has 1 atom stereocenters. The number of hydrogen-bond donors (Lipinski definition) is 0. The van der Waals surface area contributed by atoms with Crippen molar-refractivity contribution in [1.82, 2.24) is 4.98 Å². The van der Waals surface area contributed by atoms with Crippen LogP contribution in [0.1, 0.15) is 43.9 Å². The van der Waals surface area contributed by atoms with E-state index in [2.05, 4.69) is 11.9 Å². The Morgan fingerprint density at radius 3 is 2.67 bits per heavy atom. The monoisotopic (exact) mass is 267 g/mol. The van der Waals surface area contributed by atoms with E-state index < -0.39 is 6.43 Å². The lowest BCUT2D eigenvalue weighted by atomic mass is 9.98. The van der Waals surface area contributed by atoms with Crippen LogP contribution in [0.3, 0.4) is 0 Å². The minimum Gasteiger partial charge on any atom is -0.246 e. The van der Waals surface area contributed by atoms with E-state index in [1.165, 1.54) is 17.4 Å². The van der Waals surface area contributed by atoms with E-state index >= 15 is 0 Å². The molecule has 0 aliphatic carbocycles. The third kappa shape index (κ3) is 2.75. The highest BCUT2D eigenvalue weighted by Gasteiger charge is 2.15. The van der Waals surface area contributed by atoms with E-state index in [1.807, 2.05) is 30.5 Å². The number of aromatic nitrogens is 1. The van der Waals surface area contributed by atoms with Crippen LogP contribution >= 0.6 is 11.3 Å². The van der Waals surface area contributed by atoms with Crippen LogP contribution in [-0.2, 0) is 0 Å². The Bertz CT molecular complexity index is 509. The van der Waals surface area contributed by atoms with Gasteiger partial charge in [0.2, 0.25) is 0 Å². The third-order valence-electron chi connectivity index (χ3n) is 3.05. The molecule has 2 aromatic rings. The van der Waals surface area contributed by atoms with Crippen molar-refractivity contribution in [2.24, 2.45) is 0 Å². The highest BCUT2D eigenvalue weighted by atomic mass is 32.1. The molecule has 1 unspecified atom stereocenters. The van der Waals surface area contributed by atoms with Crippen LogP contribution < -0.4 is 0 Å². The first-order valence-corrected chi connectivity index (χ1v) is 6.83. The van der Waals surface area contributed by atoms with Crippen molar-refractivity contribution in [2.75, 3.05) is 0 Å². The molecule has 0 aromatic carbocycles. The SMILES string of the molecule is CCC(C)c1cc(-c2cccs2)nc(C(F)F)c1. The molecule has 18 heavy (non-hydrogen) atoms. The summed E-state index contributed by atoms with van der Waals surface area (Å²) >= 11 is 1.52. The fourth-order valence-electron chi connectivity index (χ4n) is 1.76. The van der Waals surface area contributed by atoms with Crippen LogP contribution in [0.15, 0.2) is 29.6 Å². The van der Waals surface area contributed by atoms with Crippen LogP contribution in [0.2, 0.25) is 0 Å². The topological polar surface area (TPSA) is 12.9 Å². The molecule has 0 radical (unpaired) electrons. The van der Waals surface area contributed by atoms with Gasteiger partial charge in [-0.25, -0.2) is 13.8 Å². The summed E-state index contributed by atoms with van der Waals surface area (Å²) in [5.41, 5.74) is 1.46. The first kappa shape index (κ1) is 13.1. The van der Waals surface area contributed by atoms with E-state index in [9.17, 15) is 8.78 Å². The highest BCUT2D eigenvalue weighted by Crippen LogP contribution is 2.30. The molecule has 2 aromatic heterocycles. The Labute approximate surface area is 110 Å². The molecule has 4 heteroatoms. The number of rotatable bonds is 4. The maximum absolute atomic E-state index is 12.9.